The van der Waals surface area contributed by atoms with E-state index < -0.39 is 6.10 Å². The number of hydrogen-bond donors (Lipinski definition) is 0. The van der Waals surface area contributed by atoms with E-state index in [1.807, 2.05) is 31.2 Å². The van der Waals surface area contributed by atoms with Gasteiger partial charge in [0.05, 0.1) is 7.11 Å². The van der Waals surface area contributed by atoms with E-state index in [1.165, 1.54) is 7.11 Å². The van der Waals surface area contributed by atoms with Crippen LogP contribution < -0.4 is 4.74 Å². The van der Waals surface area contributed by atoms with Crippen LogP contribution in [0.1, 0.15) is 12.5 Å². The SMILES string of the molecule is COC(=O)[C@@H](C)Oc1cccc(C)c1. The summed E-state index contributed by atoms with van der Waals surface area (Å²) in [6, 6.07) is 7.54. The van der Waals surface area contributed by atoms with Gasteiger partial charge >= 0.3 is 5.97 Å². The van der Waals surface area contributed by atoms with Gasteiger partial charge in [0.15, 0.2) is 6.10 Å². The Labute approximate surface area is 83.6 Å². The molecule has 1 aromatic carbocycles. The third-order valence-corrected chi connectivity index (χ3v) is 1.84. The van der Waals surface area contributed by atoms with Crippen molar-refractivity contribution in [1.29, 1.82) is 0 Å². The highest BCUT2D eigenvalue weighted by atomic mass is 16.6. The maximum Gasteiger partial charge on any atom is 0.346 e. The summed E-state index contributed by atoms with van der Waals surface area (Å²) in [5, 5.41) is 0. The molecule has 0 aromatic heterocycles. The zero-order valence-corrected chi connectivity index (χ0v) is 8.61. The maximum absolute atomic E-state index is 11.1. The molecule has 14 heavy (non-hydrogen) atoms. The quantitative estimate of drug-likeness (QED) is 0.690. The van der Waals surface area contributed by atoms with Crippen molar-refractivity contribution < 1.29 is 14.3 Å². The van der Waals surface area contributed by atoms with Crippen LogP contribution in [-0.4, -0.2) is 19.2 Å². The Kier molecular flexibility index (Phi) is 3.51. The third-order valence-electron chi connectivity index (χ3n) is 1.84. The number of carbonyl (C=O) groups is 1. The van der Waals surface area contributed by atoms with Crippen LogP contribution in [0.4, 0.5) is 0 Å². The molecule has 0 radical (unpaired) electrons. The highest BCUT2D eigenvalue weighted by molar-refractivity contribution is 5.74. The van der Waals surface area contributed by atoms with E-state index in [9.17, 15) is 4.79 Å². The first-order chi connectivity index (χ1) is 6.63. The first kappa shape index (κ1) is 10.6. The van der Waals surface area contributed by atoms with Crippen LogP contribution in [0.5, 0.6) is 5.75 Å². The Bertz CT molecular complexity index is 320. The second-order valence-corrected chi connectivity index (χ2v) is 3.10. The molecule has 76 valence electrons. The summed E-state index contributed by atoms with van der Waals surface area (Å²) in [5.74, 6) is 0.314. The zero-order chi connectivity index (χ0) is 10.6. The fourth-order valence-electron chi connectivity index (χ4n) is 1.11. The van der Waals surface area contributed by atoms with E-state index in [2.05, 4.69) is 4.74 Å². The van der Waals surface area contributed by atoms with E-state index >= 15 is 0 Å². The molecule has 1 rings (SSSR count). The molecule has 0 aliphatic rings. The Balaban J connectivity index is 2.64. The molecule has 3 heteroatoms. The molecule has 0 aliphatic heterocycles. The Morgan fingerprint density at radius 1 is 1.43 bits per heavy atom. The molecule has 3 nitrogen and oxygen atoms in total. The molecule has 0 N–H and O–H groups in total. The average Bonchev–Trinajstić information content (AvgIpc) is 2.16. The lowest BCUT2D eigenvalue weighted by molar-refractivity contribution is -0.147. The van der Waals surface area contributed by atoms with Crippen molar-refractivity contribution in [3.8, 4) is 5.75 Å². The average molecular weight is 194 g/mol. The van der Waals surface area contributed by atoms with Crippen molar-refractivity contribution in [2.24, 2.45) is 0 Å². The molecule has 0 spiro atoms. The largest absolute Gasteiger partial charge is 0.479 e. The van der Waals surface area contributed by atoms with E-state index in [4.69, 9.17) is 4.74 Å². The summed E-state index contributed by atoms with van der Waals surface area (Å²) < 4.78 is 9.92. The van der Waals surface area contributed by atoms with Gasteiger partial charge in [-0.3, -0.25) is 0 Å². The first-order valence-corrected chi connectivity index (χ1v) is 4.44. The van der Waals surface area contributed by atoms with E-state index in [0.717, 1.165) is 5.56 Å². The molecule has 1 atom stereocenters. The zero-order valence-electron chi connectivity index (χ0n) is 8.61. The first-order valence-electron chi connectivity index (χ1n) is 4.44. The minimum atomic E-state index is -0.568. The van der Waals surface area contributed by atoms with Crippen LogP contribution in [0.25, 0.3) is 0 Å². The molecule has 1 aromatic rings. The molecule has 0 aliphatic carbocycles. The number of methoxy groups -OCH3 is 1. The summed E-state index contributed by atoms with van der Waals surface area (Å²) >= 11 is 0. The minimum absolute atomic E-state index is 0.369. The van der Waals surface area contributed by atoms with Crippen LogP contribution >= 0.6 is 0 Å². The number of esters is 1. The lowest BCUT2D eigenvalue weighted by atomic mass is 10.2. The lowest BCUT2D eigenvalue weighted by Crippen LogP contribution is -2.24. The Morgan fingerprint density at radius 2 is 2.14 bits per heavy atom. The molecule has 0 heterocycles. The molecule has 0 saturated heterocycles. The van der Waals surface area contributed by atoms with Gasteiger partial charge in [-0.1, -0.05) is 12.1 Å². The third kappa shape index (κ3) is 2.76. The number of rotatable bonds is 3. The predicted molar refractivity (Wildman–Crippen MR) is 53.3 cm³/mol. The van der Waals surface area contributed by atoms with Crippen molar-refractivity contribution in [2.75, 3.05) is 7.11 Å². The van der Waals surface area contributed by atoms with Crippen LogP contribution in [0.2, 0.25) is 0 Å². The topological polar surface area (TPSA) is 35.5 Å². The van der Waals surface area contributed by atoms with Gasteiger partial charge in [0.25, 0.3) is 0 Å². The Morgan fingerprint density at radius 3 is 2.71 bits per heavy atom. The van der Waals surface area contributed by atoms with Crippen molar-refractivity contribution in [3.63, 3.8) is 0 Å². The monoisotopic (exact) mass is 194 g/mol. The summed E-state index contributed by atoms with van der Waals surface area (Å²) in [6.45, 7) is 3.63. The molecule has 0 amide bonds. The minimum Gasteiger partial charge on any atom is -0.479 e. The number of benzene rings is 1. The summed E-state index contributed by atoms with van der Waals surface area (Å²) in [5.41, 5.74) is 1.10. The van der Waals surface area contributed by atoms with Crippen LogP contribution in [0.3, 0.4) is 0 Å². The number of carbonyl (C=O) groups excluding carboxylic acids is 1. The van der Waals surface area contributed by atoms with Gasteiger partial charge < -0.3 is 9.47 Å². The molecular weight excluding hydrogens is 180 g/mol. The number of hydrogen-bond acceptors (Lipinski definition) is 3. The van der Waals surface area contributed by atoms with Gasteiger partial charge in [0.2, 0.25) is 0 Å². The van der Waals surface area contributed by atoms with E-state index in [1.54, 1.807) is 6.92 Å². The summed E-state index contributed by atoms with van der Waals surface area (Å²) in [4.78, 5) is 11.1. The van der Waals surface area contributed by atoms with E-state index in [0.29, 0.717) is 5.75 Å². The fourth-order valence-corrected chi connectivity index (χ4v) is 1.11. The molecular formula is C11H14O3. The van der Waals surface area contributed by atoms with Crippen molar-refractivity contribution in [3.05, 3.63) is 29.8 Å². The van der Waals surface area contributed by atoms with Gasteiger partial charge in [-0.05, 0) is 31.5 Å². The van der Waals surface area contributed by atoms with Crippen LogP contribution in [0, 0.1) is 6.92 Å². The second-order valence-electron chi connectivity index (χ2n) is 3.10. The van der Waals surface area contributed by atoms with E-state index in [-0.39, 0.29) is 5.97 Å². The number of ether oxygens (including phenoxy) is 2. The van der Waals surface area contributed by atoms with Crippen LogP contribution in [0.15, 0.2) is 24.3 Å². The molecule has 0 bridgehead atoms. The normalized spacial score (nSPS) is 11.9. The van der Waals surface area contributed by atoms with Crippen molar-refractivity contribution >= 4 is 5.97 Å². The Hall–Kier alpha value is -1.51. The van der Waals surface area contributed by atoms with Gasteiger partial charge in [-0.15, -0.1) is 0 Å². The standard InChI is InChI=1S/C11H14O3/c1-8-5-4-6-10(7-8)14-9(2)11(12)13-3/h4-7,9H,1-3H3/t9-/m1/s1. The molecule has 0 saturated carbocycles. The number of aryl methyl sites for hydroxylation is 1. The highest BCUT2D eigenvalue weighted by Gasteiger charge is 2.14. The van der Waals surface area contributed by atoms with Crippen molar-refractivity contribution in [1.82, 2.24) is 0 Å². The van der Waals surface area contributed by atoms with Crippen molar-refractivity contribution in [2.45, 2.75) is 20.0 Å². The predicted octanol–water partition coefficient (Wildman–Crippen LogP) is 1.94. The maximum atomic E-state index is 11.1. The smallest absolute Gasteiger partial charge is 0.346 e. The van der Waals surface area contributed by atoms with Gasteiger partial charge in [0, 0.05) is 0 Å². The summed E-state index contributed by atoms with van der Waals surface area (Å²) in [7, 11) is 1.35. The van der Waals surface area contributed by atoms with Gasteiger partial charge in [-0.2, -0.15) is 0 Å². The molecule has 0 fully saturated rings. The second kappa shape index (κ2) is 4.65. The van der Waals surface area contributed by atoms with Gasteiger partial charge in [0.1, 0.15) is 5.75 Å². The molecule has 0 unspecified atom stereocenters. The van der Waals surface area contributed by atoms with Crippen LogP contribution in [-0.2, 0) is 9.53 Å². The summed E-state index contributed by atoms with van der Waals surface area (Å²) in [6.07, 6.45) is -0.568. The lowest BCUT2D eigenvalue weighted by Gasteiger charge is -2.12. The van der Waals surface area contributed by atoms with Gasteiger partial charge in [-0.25, -0.2) is 4.79 Å². The fraction of sp³-hybridized carbons (Fsp3) is 0.364. The highest BCUT2D eigenvalue weighted by Crippen LogP contribution is 2.14.